The van der Waals surface area contributed by atoms with Crippen LogP contribution < -0.4 is 0 Å². The SMILES string of the molecule is C=C/C=C\c1c(C)c2ccccc2c2ccc(-c3nc4ccc(-c5cc(-c6ccccc6)nc(-c6ccccc6)n5)cc4c4sc5ccccc5c34)cc12. The second-order valence-electron chi connectivity index (χ2n) is 13.6. The molecule has 3 heterocycles. The Hall–Kier alpha value is -6.75. The third-order valence-electron chi connectivity index (χ3n) is 10.4. The highest BCUT2D eigenvalue weighted by atomic mass is 32.1. The van der Waals surface area contributed by atoms with E-state index in [1.807, 2.05) is 47.8 Å². The molecule has 3 aromatic heterocycles. The van der Waals surface area contributed by atoms with Crippen molar-refractivity contribution in [1.29, 1.82) is 0 Å². The van der Waals surface area contributed by atoms with Crippen LogP contribution in [0.1, 0.15) is 11.1 Å². The fourth-order valence-electron chi connectivity index (χ4n) is 7.82. The molecule has 7 aromatic carbocycles. The van der Waals surface area contributed by atoms with Crippen LogP contribution in [0.5, 0.6) is 0 Å². The van der Waals surface area contributed by atoms with E-state index in [1.165, 1.54) is 52.8 Å². The van der Waals surface area contributed by atoms with Crippen LogP contribution in [0.3, 0.4) is 0 Å². The van der Waals surface area contributed by atoms with Crippen molar-refractivity contribution in [1.82, 2.24) is 15.0 Å². The van der Waals surface area contributed by atoms with Gasteiger partial charge in [-0.25, -0.2) is 15.0 Å². The maximum atomic E-state index is 5.48. The van der Waals surface area contributed by atoms with E-state index >= 15 is 0 Å². The molecule has 0 saturated carbocycles. The van der Waals surface area contributed by atoms with E-state index in [4.69, 9.17) is 15.0 Å². The molecule has 0 aliphatic carbocycles. The topological polar surface area (TPSA) is 38.7 Å². The van der Waals surface area contributed by atoms with Crippen LogP contribution in [0.15, 0.2) is 170 Å². The first-order valence-electron chi connectivity index (χ1n) is 18.1. The van der Waals surface area contributed by atoms with Gasteiger partial charge in [-0.3, -0.25) is 0 Å². The van der Waals surface area contributed by atoms with E-state index in [2.05, 4.69) is 147 Å². The van der Waals surface area contributed by atoms with E-state index in [0.717, 1.165) is 50.2 Å². The lowest BCUT2D eigenvalue weighted by Crippen LogP contribution is -1.96. The normalized spacial score (nSPS) is 11.8. The third-order valence-corrected chi connectivity index (χ3v) is 11.6. The molecule has 0 amide bonds. The molecule has 0 atom stereocenters. The number of aromatic nitrogens is 3. The lowest BCUT2D eigenvalue weighted by molar-refractivity contribution is 1.18. The van der Waals surface area contributed by atoms with E-state index in [0.29, 0.717) is 5.82 Å². The Morgan fingerprint density at radius 3 is 1.93 bits per heavy atom. The molecule has 54 heavy (non-hydrogen) atoms. The van der Waals surface area contributed by atoms with Crippen LogP contribution in [-0.2, 0) is 0 Å². The molecule has 0 saturated heterocycles. The highest BCUT2D eigenvalue weighted by Gasteiger charge is 2.19. The number of fused-ring (bicyclic) bond motifs is 8. The van der Waals surface area contributed by atoms with E-state index in [9.17, 15) is 0 Å². The summed E-state index contributed by atoms with van der Waals surface area (Å²) in [6.07, 6.45) is 6.06. The second kappa shape index (κ2) is 13.0. The predicted molar refractivity (Wildman–Crippen MR) is 231 cm³/mol. The zero-order valence-corrected chi connectivity index (χ0v) is 30.4. The number of pyridine rings is 1. The standard InChI is InChI=1S/C50H33N3S/c1-3-4-19-37-31(2)36-20-11-12-21-38(36)39-26-24-35(29-41(37)39)48-47-40-22-13-14-23-46(40)54-49(47)42-28-34(25-27-43(42)51-48)45-30-44(32-15-7-5-8-16-32)52-50(53-45)33-17-9-6-10-18-33/h3-30H,1H2,2H3/b19-4-. The summed E-state index contributed by atoms with van der Waals surface area (Å²) in [5.41, 5.74) is 10.3. The Balaban J connectivity index is 1.21. The van der Waals surface area contributed by atoms with E-state index in [-0.39, 0.29) is 0 Å². The van der Waals surface area contributed by atoms with Gasteiger partial charge in [-0.2, -0.15) is 0 Å². The molecule has 10 rings (SSSR count). The quantitative estimate of drug-likeness (QED) is 0.128. The first-order valence-corrected chi connectivity index (χ1v) is 19.0. The van der Waals surface area contributed by atoms with Gasteiger partial charge in [0, 0.05) is 47.8 Å². The summed E-state index contributed by atoms with van der Waals surface area (Å²) in [5.74, 6) is 0.703. The number of nitrogens with zero attached hydrogens (tertiary/aromatic N) is 3. The van der Waals surface area contributed by atoms with Crippen molar-refractivity contribution in [2.24, 2.45) is 0 Å². The Kier molecular flexibility index (Phi) is 7.71. The third kappa shape index (κ3) is 5.30. The molecule has 10 aromatic rings. The van der Waals surface area contributed by atoms with Gasteiger partial charge in [0.2, 0.25) is 0 Å². The molecular weight excluding hydrogens is 675 g/mol. The lowest BCUT2D eigenvalue weighted by Gasteiger charge is -2.15. The summed E-state index contributed by atoms with van der Waals surface area (Å²) in [6.45, 7) is 6.18. The number of benzene rings is 7. The molecule has 0 aliphatic rings. The van der Waals surface area contributed by atoms with Gasteiger partial charge in [-0.05, 0) is 69.9 Å². The summed E-state index contributed by atoms with van der Waals surface area (Å²) in [6, 6.07) is 53.5. The van der Waals surface area contributed by atoms with Crippen LogP contribution in [0.25, 0.3) is 104 Å². The summed E-state index contributed by atoms with van der Waals surface area (Å²) in [7, 11) is 0. The van der Waals surface area contributed by atoms with Gasteiger partial charge in [-0.1, -0.05) is 146 Å². The minimum atomic E-state index is 0.703. The molecule has 4 heteroatoms. The highest BCUT2D eigenvalue weighted by molar-refractivity contribution is 7.26. The summed E-state index contributed by atoms with van der Waals surface area (Å²) in [5, 5.41) is 8.47. The van der Waals surface area contributed by atoms with Crippen LogP contribution >= 0.6 is 11.3 Å². The number of rotatable bonds is 6. The Morgan fingerprint density at radius 1 is 0.519 bits per heavy atom. The minimum Gasteiger partial charge on any atom is -0.247 e. The largest absolute Gasteiger partial charge is 0.247 e. The van der Waals surface area contributed by atoms with Crippen molar-refractivity contribution in [3.8, 4) is 45.2 Å². The highest BCUT2D eigenvalue weighted by Crippen LogP contribution is 2.45. The molecule has 254 valence electrons. The van der Waals surface area contributed by atoms with Crippen molar-refractivity contribution in [3.05, 3.63) is 182 Å². The molecule has 0 bridgehead atoms. The monoisotopic (exact) mass is 707 g/mol. The van der Waals surface area contributed by atoms with E-state index < -0.39 is 0 Å². The van der Waals surface area contributed by atoms with E-state index in [1.54, 1.807) is 0 Å². The first kappa shape index (κ1) is 31.9. The maximum Gasteiger partial charge on any atom is 0.160 e. The number of aryl methyl sites for hydroxylation is 1. The molecule has 3 nitrogen and oxygen atoms in total. The van der Waals surface area contributed by atoms with Gasteiger partial charge in [0.05, 0.1) is 22.6 Å². The number of hydrogen-bond donors (Lipinski definition) is 0. The van der Waals surface area contributed by atoms with Gasteiger partial charge in [0.25, 0.3) is 0 Å². The van der Waals surface area contributed by atoms with Gasteiger partial charge >= 0.3 is 0 Å². The average Bonchev–Trinajstić information content (AvgIpc) is 3.64. The van der Waals surface area contributed by atoms with Gasteiger partial charge in [0.1, 0.15) is 0 Å². The van der Waals surface area contributed by atoms with Crippen LogP contribution in [-0.4, -0.2) is 15.0 Å². The zero-order valence-electron chi connectivity index (χ0n) is 29.6. The molecule has 0 fully saturated rings. The first-order chi connectivity index (χ1) is 26.6. The predicted octanol–water partition coefficient (Wildman–Crippen LogP) is 13.9. The van der Waals surface area contributed by atoms with Crippen molar-refractivity contribution in [2.75, 3.05) is 0 Å². The number of allylic oxidation sites excluding steroid dienone is 2. The average molecular weight is 708 g/mol. The Labute approximate surface area is 317 Å². The fourth-order valence-corrected chi connectivity index (χ4v) is 9.05. The molecular formula is C50H33N3S. The van der Waals surface area contributed by atoms with Gasteiger partial charge in [-0.15, -0.1) is 11.3 Å². The summed E-state index contributed by atoms with van der Waals surface area (Å²) >= 11 is 1.83. The molecule has 0 N–H and O–H groups in total. The van der Waals surface area contributed by atoms with Crippen LogP contribution in [0.2, 0.25) is 0 Å². The minimum absolute atomic E-state index is 0.703. The molecule has 0 unspecified atom stereocenters. The van der Waals surface area contributed by atoms with Gasteiger partial charge in [0.15, 0.2) is 5.82 Å². The fraction of sp³-hybridized carbons (Fsp3) is 0.0200. The maximum absolute atomic E-state index is 5.48. The smallest absolute Gasteiger partial charge is 0.160 e. The van der Waals surface area contributed by atoms with Crippen molar-refractivity contribution < 1.29 is 0 Å². The zero-order chi connectivity index (χ0) is 36.2. The van der Waals surface area contributed by atoms with Crippen molar-refractivity contribution in [2.45, 2.75) is 6.92 Å². The molecule has 0 radical (unpaired) electrons. The van der Waals surface area contributed by atoms with Crippen molar-refractivity contribution in [3.63, 3.8) is 0 Å². The Morgan fingerprint density at radius 2 is 1.15 bits per heavy atom. The summed E-state index contributed by atoms with van der Waals surface area (Å²) < 4.78 is 2.46. The summed E-state index contributed by atoms with van der Waals surface area (Å²) in [4.78, 5) is 15.6. The Bertz CT molecular complexity index is 3070. The van der Waals surface area contributed by atoms with Crippen LogP contribution in [0, 0.1) is 6.92 Å². The van der Waals surface area contributed by atoms with Crippen LogP contribution in [0.4, 0.5) is 0 Å². The number of thiophene rings is 1. The lowest BCUT2D eigenvalue weighted by atomic mass is 9.90. The number of hydrogen-bond acceptors (Lipinski definition) is 4. The molecule has 0 aliphatic heterocycles. The molecule has 0 spiro atoms. The van der Waals surface area contributed by atoms with Gasteiger partial charge < -0.3 is 0 Å². The van der Waals surface area contributed by atoms with Crippen molar-refractivity contribution >= 4 is 70.0 Å². The second-order valence-corrected chi connectivity index (χ2v) is 14.7.